The van der Waals surface area contributed by atoms with Crippen LogP contribution in [0.4, 0.5) is 18.9 Å². The third kappa shape index (κ3) is 3.09. The zero-order valence-corrected chi connectivity index (χ0v) is 11.2. The van der Waals surface area contributed by atoms with Gasteiger partial charge >= 0.3 is 12.1 Å². The number of carbonyl (C=O) groups is 2. The van der Waals surface area contributed by atoms with E-state index >= 15 is 0 Å². The average Bonchev–Trinajstić information content (AvgIpc) is 2.37. The molecule has 1 amide bonds. The fourth-order valence-corrected chi connectivity index (χ4v) is 1.70. The fourth-order valence-electron chi connectivity index (χ4n) is 1.70. The highest BCUT2D eigenvalue weighted by molar-refractivity contribution is 5.92. The Morgan fingerprint density at radius 1 is 1.30 bits per heavy atom. The summed E-state index contributed by atoms with van der Waals surface area (Å²) >= 11 is 0. The molecule has 0 heterocycles. The molecular weight excluding hydrogens is 275 g/mol. The van der Waals surface area contributed by atoms with E-state index < -0.39 is 23.2 Å². The number of halogens is 3. The Balaban J connectivity index is 3.27. The van der Waals surface area contributed by atoms with Crippen LogP contribution in [0.2, 0.25) is 0 Å². The van der Waals surface area contributed by atoms with Crippen LogP contribution in [0.5, 0.6) is 0 Å². The van der Waals surface area contributed by atoms with Gasteiger partial charge in [0.15, 0.2) is 0 Å². The summed E-state index contributed by atoms with van der Waals surface area (Å²) in [5.41, 5.74) is -2.35. The largest absolute Gasteiger partial charge is 0.467 e. The van der Waals surface area contributed by atoms with Crippen molar-refractivity contribution in [3.63, 3.8) is 0 Å². The number of esters is 1. The predicted octanol–water partition coefficient (Wildman–Crippen LogP) is 2.62. The molecule has 4 nitrogen and oxygen atoms in total. The molecule has 7 heteroatoms. The third-order valence-electron chi connectivity index (χ3n) is 2.84. The van der Waals surface area contributed by atoms with Crippen molar-refractivity contribution in [1.29, 1.82) is 0 Å². The molecule has 0 bridgehead atoms. The molecule has 0 spiro atoms. The first-order valence-electron chi connectivity index (χ1n) is 5.65. The van der Waals surface area contributed by atoms with Gasteiger partial charge in [-0.2, -0.15) is 13.2 Å². The predicted molar refractivity (Wildman–Crippen MR) is 66.1 cm³/mol. The Kier molecular flexibility index (Phi) is 4.42. The molecule has 20 heavy (non-hydrogen) atoms. The Morgan fingerprint density at radius 3 is 2.35 bits per heavy atom. The molecule has 0 saturated heterocycles. The lowest BCUT2D eigenvalue weighted by atomic mass is 10.0. The van der Waals surface area contributed by atoms with Crippen molar-refractivity contribution < 1.29 is 27.5 Å². The van der Waals surface area contributed by atoms with E-state index in [-0.39, 0.29) is 5.69 Å². The Bertz CT molecular complexity index is 512. The fraction of sp³-hybridized carbons (Fsp3) is 0.385. The maximum Gasteiger partial charge on any atom is 0.416 e. The number of hydrogen-bond donors (Lipinski definition) is 0. The van der Waals surface area contributed by atoms with E-state index in [4.69, 9.17) is 0 Å². The van der Waals surface area contributed by atoms with Crippen molar-refractivity contribution in [3.8, 4) is 0 Å². The van der Waals surface area contributed by atoms with E-state index in [9.17, 15) is 22.8 Å². The molecule has 0 aliphatic rings. The van der Waals surface area contributed by atoms with Crippen LogP contribution < -0.4 is 4.90 Å². The van der Waals surface area contributed by atoms with Crippen LogP contribution in [0.3, 0.4) is 0 Å². The maximum absolute atomic E-state index is 12.7. The molecule has 0 saturated carbocycles. The number of hydrogen-bond acceptors (Lipinski definition) is 3. The second-order valence-electron chi connectivity index (χ2n) is 4.57. The van der Waals surface area contributed by atoms with Gasteiger partial charge in [-0.15, -0.1) is 0 Å². The van der Waals surface area contributed by atoms with E-state index in [2.05, 4.69) is 4.74 Å². The van der Waals surface area contributed by atoms with Crippen LogP contribution in [-0.2, 0) is 20.5 Å². The zero-order valence-electron chi connectivity index (χ0n) is 11.2. The van der Waals surface area contributed by atoms with E-state index in [1.807, 2.05) is 0 Å². The molecule has 1 aromatic rings. The molecule has 0 unspecified atom stereocenters. The molecule has 110 valence electrons. The highest BCUT2D eigenvalue weighted by atomic mass is 19.4. The number of ether oxygens (including phenoxy) is 1. The summed E-state index contributed by atoms with van der Waals surface area (Å²) in [6.45, 7) is 2.76. The number of amides is 1. The van der Waals surface area contributed by atoms with E-state index in [0.29, 0.717) is 6.41 Å². The first-order valence-corrected chi connectivity index (χ1v) is 5.65. The normalized spacial score (nSPS) is 11.9. The van der Waals surface area contributed by atoms with Gasteiger partial charge < -0.3 is 4.74 Å². The van der Waals surface area contributed by atoms with Crippen LogP contribution >= 0.6 is 0 Å². The summed E-state index contributed by atoms with van der Waals surface area (Å²) in [4.78, 5) is 23.7. The van der Waals surface area contributed by atoms with Crippen molar-refractivity contribution >= 4 is 18.1 Å². The topological polar surface area (TPSA) is 46.6 Å². The minimum atomic E-state index is -4.53. The number of carbonyl (C=O) groups excluding carboxylic acids is 2. The highest BCUT2D eigenvalue weighted by Gasteiger charge is 2.37. The molecule has 0 aliphatic carbocycles. The third-order valence-corrected chi connectivity index (χ3v) is 2.84. The van der Waals surface area contributed by atoms with Crippen molar-refractivity contribution in [3.05, 3.63) is 29.8 Å². The first kappa shape index (κ1) is 16.0. The maximum atomic E-state index is 12.7. The molecule has 0 N–H and O–H groups in total. The van der Waals surface area contributed by atoms with Crippen molar-refractivity contribution in [2.45, 2.75) is 25.6 Å². The minimum Gasteiger partial charge on any atom is -0.467 e. The lowest BCUT2D eigenvalue weighted by Gasteiger charge is -2.33. The van der Waals surface area contributed by atoms with Crippen LogP contribution in [-0.4, -0.2) is 25.0 Å². The number of methoxy groups -OCH3 is 1. The lowest BCUT2D eigenvalue weighted by Crippen LogP contribution is -2.50. The second kappa shape index (κ2) is 5.52. The van der Waals surface area contributed by atoms with Gasteiger partial charge in [-0.05, 0) is 32.0 Å². The molecule has 1 aromatic carbocycles. The summed E-state index contributed by atoms with van der Waals surface area (Å²) in [7, 11) is 1.14. The molecule has 0 aliphatic heterocycles. The summed E-state index contributed by atoms with van der Waals surface area (Å²) < 4.78 is 42.5. The Hall–Kier alpha value is -2.05. The molecule has 0 fully saturated rings. The average molecular weight is 289 g/mol. The molecule has 0 atom stereocenters. The Morgan fingerprint density at radius 2 is 1.90 bits per heavy atom. The number of benzene rings is 1. The summed E-state index contributed by atoms with van der Waals surface area (Å²) in [6, 6.07) is 4.17. The first-order chi connectivity index (χ1) is 9.14. The van der Waals surface area contributed by atoms with E-state index in [1.165, 1.54) is 26.0 Å². The zero-order chi connectivity index (χ0) is 15.6. The van der Waals surface area contributed by atoms with Gasteiger partial charge in [0.1, 0.15) is 5.54 Å². The van der Waals surface area contributed by atoms with Gasteiger partial charge in [-0.1, -0.05) is 6.07 Å². The lowest BCUT2D eigenvalue weighted by molar-refractivity contribution is -0.146. The van der Waals surface area contributed by atoms with Gasteiger partial charge in [0, 0.05) is 5.69 Å². The smallest absolute Gasteiger partial charge is 0.416 e. The number of rotatable bonds is 4. The van der Waals surface area contributed by atoms with Gasteiger partial charge in [0.2, 0.25) is 6.41 Å². The monoisotopic (exact) mass is 289 g/mol. The second-order valence-corrected chi connectivity index (χ2v) is 4.57. The number of nitrogens with zero attached hydrogens (tertiary/aromatic N) is 1. The quantitative estimate of drug-likeness (QED) is 0.632. The highest BCUT2D eigenvalue weighted by Crippen LogP contribution is 2.33. The van der Waals surface area contributed by atoms with E-state index in [1.54, 1.807) is 0 Å². The summed E-state index contributed by atoms with van der Waals surface area (Å²) in [5.74, 6) is -0.734. The van der Waals surface area contributed by atoms with Crippen LogP contribution in [0.15, 0.2) is 24.3 Å². The summed E-state index contributed by atoms with van der Waals surface area (Å²) in [5, 5.41) is 0. The molecule has 0 radical (unpaired) electrons. The molecule has 1 rings (SSSR count). The van der Waals surface area contributed by atoms with Gasteiger partial charge in [0.05, 0.1) is 12.7 Å². The Labute approximate surface area is 114 Å². The van der Waals surface area contributed by atoms with Crippen LogP contribution in [0, 0.1) is 0 Å². The van der Waals surface area contributed by atoms with Crippen molar-refractivity contribution in [1.82, 2.24) is 0 Å². The SMILES string of the molecule is COC(=O)C(C)(C)N(C=O)c1cccc(C(F)(F)F)c1. The van der Waals surface area contributed by atoms with Crippen LogP contribution in [0.25, 0.3) is 0 Å². The summed E-state index contributed by atoms with van der Waals surface area (Å²) in [6.07, 6.45) is -4.23. The molecular formula is C13H14F3NO3. The minimum absolute atomic E-state index is 0.0368. The standard InChI is InChI=1S/C13H14F3NO3/c1-12(2,11(19)20-3)17(8-18)10-6-4-5-9(7-10)13(14,15)16/h4-8H,1-3H3. The molecule has 0 aromatic heterocycles. The number of alkyl halides is 3. The van der Waals surface area contributed by atoms with E-state index in [0.717, 1.165) is 24.1 Å². The van der Waals surface area contributed by atoms with Crippen molar-refractivity contribution in [2.75, 3.05) is 12.0 Å². The van der Waals surface area contributed by atoms with Crippen molar-refractivity contribution in [2.24, 2.45) is 0 Å². The number of anilines is 1. The van der Waals surface area contributed by atoms with Crippen LogP contribution in [0.1, 0.15) is 19.4 Å². The van der Waals surface area contributed by atoms with Gasteiger partial charge in [0.25, 0.3) is 0 Å². The van der Waals surface area contributed by atoms with Gasteiger partial charge in [-0.3, -0.25) is 9.69 Å². The van der Waals surface area contributed by atoms with Gasteiger partial charge in [-0.25, -0.2) is 4.79 Å².